The number of carboxylic acid groups (broad SMARTS) is 1. The number of carbonyl (C=O) groups excluding carboxylic acids is 2. The Hall–Kier alpha value is -2.28. The maximum atomic E-state index is 11.2. The molecule has 0 unspecified atom stereocenters. The van der Waals surface area contributed by atoms with Gasteiger partial charge in [0.1, 0.15) is 5.69 Å². The van der Waals surface area contributed by atoms with Gasteiger partial charge in [0.2, 0.25) is 11.8 Å². The van der Waals surface area contributed by atoms with Crippen LogP contribution < -0.4 is 5.32 Å². The van der Waals surface area contributed by atoms with Crippen molar-refractivity contribution < 1.29 is 19.5 Å². The van der Waals surface area contributed by atoms with E-state index in [2.05, 4.69) is 10.3 Å². The molecule has 1 aromatic heterocycles. The maximum absolute atomic E-state index is 11.2. The fourth-order valence-corrected chi connectivity index (χ4v) is 1.72. The molecule has 0 saturated carbocycles. The number of imide groups is 1. The maximum Gasteiger partial charge on any atom is 0.354 e. The number of piperazine rings is 1. The first-order valence-corrected chi connectivity index (χ1v) is 5.29. The summed E-state index contributed by atoms with van der Waals surface area (Å²) in [4.78, 5) is 38.6. The first-order chi connectivity index (χ1) is 8.54. The molecule has 2 N–H and O–H groups in total. The fourth-order valence-electron chi connectivity index (χ4n) is 1.72. The summed E-state index contributed by atoms with van der Waals surface area (Å²) in [6.45, 7) is 0.468. The fraction of sp³-hybridized carbons (Fsp3) is 0.273. The topological polar surface area (TPSA) is 99.6 Å². The second-order valence-electron chi connectivity index (χ2n) is 3.94. The first kappa shape index (κ1) is 12.2. The van der Waals surface area contributed by atoms with Crippen molar-refractivity contribution in [2.75, 3.05) is 13.1 Å². The Balaban J connectivity index is 2.09. The van der Waals surface area contributed by atoms with Crippen LogP contribution in [-0.2, 0) is 16.1 Å². The number of nitrogens with one attached hydrogen (secondary N) is 1. The molecule has 2 amide bonds. The monoisotopic (exact) mass is 249 g/mol. The summed E-state index contributed by atoms with van der Waals surface area (Å²) in [7, 11) is 0. The molecule has 0 aliphatic carbocycles. The van der Waals surface area contributed by atoms with Gasteiger partial charge in [-0.3, -0.25) is 19.8 Å². The lowest BCUT2D eigenvalue weighted by molar-refractivity contribution is -0.136. The second kappa shape index (κ2) is 4.92. The third kappa shape index (κ3) is 2.89. The van der Waals surface area contributed by atoms with Crippen LogP contribution in [0.15, 0.2) is 18.2 Å². The average molecular weight is 249 g/mol. The van der Waals surface area contributed by atoms with E-state index in [9.17, 15) is 14.4 Å². The number of hydrogen-bond acceptors (Lipinski definition) is 5. The zero-order valence-electron chi connectivity index (χ0n) is 9.42. The average Bonchev–Trinajstić information content (AvgIpc) is 2.27. The van der Waals surface area contributed by atoms with Crippen molar-refractivity contribution in [2.24, 2.45) is 0 Å². The van der Waals surface area contributed by atoms with Crippen molar-refractivity contribution in [1.29, 1.82) is 0 Å². The van der Waals surface area contributed by atoms with Gasteiger partial charge >= 0.3 is 5.97 Å². The summed E-state index contributed by atoms with van der Waals surface area (Å²) in [5, 5.41) is 11.0. The summed E-state index contributed by atoms with van der Waals surface area (Å²) in [5.41, 5.74) is 0.456. The molecule has 1 aliphatic rings. The zero-order chi connectivity index (χ0) is 13.1. The summed E-state index contributed by atoms with van der Waals surface area (Å²) >= 11 is 0. The molecule has 0 atom stereocenters. The van der Waals surface area contributed by atoms with Gasteiger partial charge in [-0.15, -0.1) is 0 Å². The molecule has 0 radical (unpaired) electrons. The van der Waals surface area contributed by atoms with E-state index in [4.69, 9.17) is 5.11 Å². The van der Waals surface area contributed by atoms with E-state index in [0.29, 0.717) is 5.69 Å². The minimum absolute atomic E-state index is 0.0553. The number of pyridine rings is 1. The van der Waals surface area contributed by atoms with E-state index < -0.39 is 5.97 Å². The Labute approximate surface area is 102 Å². The summed E-state index contributed by atoms with van der Waals surface area (Å²) in [5.74, 6) is -1.83. The Morgan fingerprint density at radius 1 is 1.33 bits per heavy atom. The highest BCUT2D eigenvalue weighted by atomic mass is 16.4. The van der Waals surface area contributed by atoms with E-state index in [1.807, 2.05) is 0 Å². The summed E-state index contributed by atoms with van der Waals surface area (Å²) in [6, 6.07) is 4.63. The number of nitrogens with zero attached hydrogens (tertiary/aromatic N) is 2. The minimum atomic E-state index is -1.11. The molecular weight excluding hydrogens is 238 g/mol. The lowest BCUT2D eigenvalue weighted by Gasteiger charge is -2.24. The number of aromatic carboxylic acids is 1. The van der Waals surface area contributed by atoms with Gasteiger partial charge in [0.05, 0.1) is 18.8 Å². The van der Waals surface area contributed by atoms with Crippen molar-refractivity contribution >= 4 is 17.8 Å². The molecule has 2 heterocycles. The highest BCUT2D eigenvalue weighted by Gasteiger charge is 2.22. The minimum Gasteiger partial charge on any atom is -0.477 e. The molecule has 0 bridgehead atoms. The van der Waals surface area contributed by atoms with Gasteiger partial charge in [0, 0.05) is 6.54 Å². The predicted molar refractivity (Wildman–Crippen MR) is 59.6 cm³/mol. The van der Waals surface area contributed by atoms with Crippen LogP contribution in [0.2, 0.25) is 0 Å². The van der Waals surface area contributed by atoms with E-state index in [-0.39, 0.29) is 37.1 Å². The Morgan fingerprint density at radius 3 is 2.61 bits per heavy atom. The van der Waals surface area contributed by atoms with Crippen LogP contribution in [0.1, 0.15) is 16.2 Å². The Morgan fingerprint density at radius 2 is 2.00 bits per heavy atom. The molecular formula is C11H11N3O4. The standard InChI is InChI=1S/C11H11N3O4/c15-9-5-14(6-10(16)13-9)4-7-2-1-3-8(12-7)11(17)18/h1-3H,4-6H2,(H,17,18)(H,13,15,16). The number of hydrogen-bond donors (Lipinski definition) is 2. The van der Waals surface area contributed by atoms with Gasteiger partial charge in [-0.25, -0.2) is 9.78 Å². The molecule has 1 aromatic rings. The highest BCUT2D eigenvalue weighted by molar-refractivity contribution is 5.99. The zero-order valence-corrected chi connectivity index (χ0v) is 9.42. The quantitative estimate of drug-likeness (QED) is 0.683. The molecule has 7 heteroatoms. The van der Waals surface area contributed by atoms with Crippen molar-refractivity contribution in [3.8, 4) is 0 Å². The number of carboxylic acids is 1. The smallest absolute Gasteiger partial charge is 0.354 e. The molecule has 1 aliphatic heterocycles. The highest BCUT2D eigenvalue weighted by Crippen LogP contribution is 2.05. The lowest BCUT2D eigenvalue weighted by Crippen LogP contribution is -2.50. The van der Waals surface area contributed by atoms with Crippen LogP contribution >= 0.6 is 0 Å². The normalized spacial score (nSPS) is 16.4. The molecule has 0 spiro atoms. The van der Waals surface area contributed by atoms with Crippen LogP contribution in [0.4, 0.5) is 0 Å². The second-order valence-corrected chi connectivity index (χ2v) is 3.94. The van der Waals surface area contributed by atoms with Crippen molar-refractivity contribution in [3.05, 3.63) is 29.6 Å². The number of aromatic nitrogens is 1. The largest absolute Gasteiger partial charge is 0.477 e. The number of rotatable bonds is 3. The summed E-state index contributed by atoms with van der Waals surface area (Å²) < 4.78 is 0. The van der Waals surface area contributed by atoms with Crippen molar-refractivity contribution in [2.45, 2.75) is 6.54 Å². The van der Waals surface area contributed by atoms with Gasteiger partial charge in [0.15, 0.2) is 0 Å². The third-order valence-electron chi connectivity index (χ3n) is 2.42. The number of amides is 2. The van der Waals surface area contributed by atoms with Crippen LogP contribution in [-0.4, -0.2) is 45.9 Å². The molecule has 2 rings (SSSR count). The van der Waals surface area contributed by atoms with Crippen LogP contribution in [0, 0.1) is 0 Å². The molecule has 7 nitrogen and oxygen atoms in total. The Bertz CT molecular complexity index is 499. The first-order valence-electron chi connectivity index (χ1n) is 5.29. The van der Waals surface area contributed by atoms with E-state index in [0.717, 1.165) is 0 Å². The van der Waals surface area contributed by atoms with Gasteiger partial charge in [0.25, 0.3) is 0 Å². The van der Waals surface area contributed by atoms with E-state index >= 15 is 0 Å². The van der Waals surface area contributed by atoms with E-state index in [1.165, 1.54) is 6.07 Å². The predicted octanol–water partition coefficient (Wildman–Crippen LogP) is -0.762. The molecule has 94 valence electrons. The Kier molecular flexibility index (Phi) is 3.33. The lowest BCUT2D eigenvalue weighted by atomic mass is 10.2. The van der Waals surface area contributed by atoms with Gasteiger partial charge < -0.3 is 5.11 Å². The molecule has 1 fully saturated rings. The number of carbonyl (C=O) groups is 3. The van der Waals surface area contributed by atoms with E-state index in [1.54, 1.807) is 17.0 Å². The third-order valence-corrected chi connectivity index (χ3v) is 2.42. The summed E-state index contributed by atoms with van der Waals surface area (Å²) in [6.07, 6.45) is 0. The van der Waals surface area contributed by atoms with Crippen LogP contribution in [0.5, 0.6) is 0 Å². The molecule has 1 saturated heterocycles. The van der Waals surface area contributed by atoms with Crippen molar-refractivity contribution in [3.63, 3.8) is 0 Å². The molecule has 0 aromatic carbocycles. The SMILES string of the molecule is O=C1CN(Cc2cccc(C(=O)O)n2)CC(=O)N1. The van der Waals surface area contributed by atoms with Gasteiger partial charge in [-0.1, -0.05) is 6.07 Å². The van der Waals surface area contributed by atoms with Crippen LogP contribution in [0.3, 0.4) is 0 Å². The van der Waals surface area contributed by atoms with Gasteiger partial charge in [-0.05, 0) is 12.1 Å². The van der Waals surface area contributed by atoms with Crippen molar-refractivity contribution in [1.82, 2.24) is 15.2 Å². The van der Waals surface area contributed by atoms with Gasteiger partial charge in [-0.2, -0.15) is 0 Å². The van der Waals surface area contributed by atoms with Crippen LogP contribution in [0.25, 0.3) is 0 Å². The molecule has 18 heavy (non-hydrogen) atoms.